The summed E-state index contributed by atoms with van der Waals surface area (Å²) >= 11 is 9.10. The largest absolute Gasteiger partial charge is 0.389 e. The van der Waals surface area contributed by atoms with Gasteiger partial charge in [-0.3, -0.25) is 0 Å². The summed E-state index contributed by atoms with van der Waals surface area (Å²) in [7, 11) is -2.12. The number of rotatable bonds is 4. The Balaban J connectivity index is 2.22. The first-order chi connectivity index (χ1) is 9.24. The molecule has 0 spiro atoms. The van der Waals surface area contributed by atoms with Crippen LogP contribution in [0.3, 0.4) is 0 Å². The maximum atomic E-state index is 12.5. The smallest absolute Gasteiger partial charge is 0.242 e. The van der Waals surface area contributed by atoms with E-state index in [4.69, 9.17) is 11.6 Å². The molecule has 1 aromatic carbocycles. The van der Waals surface area contributed by atoms with Crippen LogP contribution in [0.1, 0.15) is 25.7 Å². The van der Waals surface area contributed by atoms with E-state index < -0.39 is 15.6 Å². The maximum Gasteiger partial charge on any atom is 0.242 e. The van der Waals surface area contributed by atoms with Crippen molar-refractivity contribution in [3.05, 3.63) is 27.7 Å². The van der Waals surface area contributed by atoms with Gasteiger partial charge in [-0.2, -0.15) is 4.31 Å². The summed E-state index contributed by atoms with van der Waals surface area (Å²) in [6, 6.07) is 4.49. The molecule has 1 saturated carbocycles. The Labute approximate surface area is 132 Å². The fourth-order valence-electron chi connectivity index (χ4n) is 2.51. The van der Waals surface area contributed by atoms with Gasteiger partial charge in [-0.15, -0.1) is 0 Å². The topological polar surface area (TPSA) is 57.6 Å². The molecule has 0 atom stereocenters. The fourth-order valence-corrected chi connectivity index (χ4v) is 4.43. The van der Waals surface area contributed by atoms with Gasteiger partial charge in [-0.25, -0.2) is 8.42 Å². The van der Waals surface area contributed by atoms with Gasteiger partial charge in [0.2, 0.25) is 10.0 Å². The average molecular weight is 383 g/mol. The van der Waals surface area contributed by atoms with Crippen LogP contribution in [0.2, 0.25) is 5.02 Å². The molecule has 2 rings (SSSR count). The molecule has 1 aliphatic carbocycles. The van der Waals surface area contributed by atoms with Gasteiger partial charge >= 0.3 is 0 Å². The second-order valence-electron chi connectivity index (χ2n) is 5.27. The first kappa shape index (κ1) is 16.2. The molecular weight excluding hydrogens is 366 g/mol. The zero-order chi connectivity index (χ0) is 15.0. The lowest BCUT2D eigenvalue weighted by molar-refractivity contribution is 0.0333. The van der Waals surface area contributed by atoms with Crippen molar-refractivity contribution in [2.45, 2.75) is 36.2 Å². The molecule has 112 valence electrons. The first-order valence-electron chi connectivity index (χ1n) is 6.38. The number of hydrogen-bond acceptors (Lipinski definition) is 3. The molecule has 0 aromatic heterocycles. The molecular formula is C13H17BrClNO3S. The highest BCUT2D eigenvalue weighted by atomic mass is 79.9. The highest BCUT2D eigenvalue weighted by Crippen LogP contribution is 2.32. The minimum atomic E-state index is -3.62. The van der Waals surface area contributed by atoms with E-state index in [0.717, 1.165) is 12.8 Å². The Morgan fingerprint density at radius 1 is 1.40 bits per heavy atom. The summed E-state index contributed by atoms with van der Waals surface area (Å²) in [4.78, 5) is 0.165. The van der Waals surface area contributed by atoms with Crippen LogP contribution >= 0.6 is 27.5 Å². The zero-order valence-electron chi connectivity index (χ0n) is 11.1. The van der Waals surface area contributed by atoms with Crippen molar-refractivity contribution in [3.8, 4) is 0 Å². The maximum absolute atomic E-state index is 12.5. The van der Waals surface area contributed by atoms with Gasteiger partial charge in [0, 0.05) is 18.1 Å². The van der Waals surface area contributed by atoms with Crippen molar-refractivity contribution in [2.75, 3.05) is 13.6 Å². The minimum Gasteiger partial charge on any atom is -0.389 e. The fraction of sp³-hybridized carbons (Fsp3) is 0.538. The van der Waals surface area contributed by atoms with Crippen LogP contribution in [-0.2, 0) is 10.0 Å². The SMILES string of the molecule is CN(CC1(O)CCCC1)S(=O)(=O)c1ccc(Cl)c(Br)c1. The Hall–Kier alpha value is -0.140. The third kappa shape index (κ3) is 3.36. The van der Waals surface area contributed by atoms with Gasteiger partial charge < -0.3 is 5.11 Å². The Morgan fingerprint density at radius 2 is 2.00 bits per heavy atom. The lowest BCUT2D eigenvalue weighted by Gasteiger charge is -2.28. The van der Waals surface area contributed by atoms with Crippen molar-refractivity contribution in [1.29, 1.82) is 0 Å². The van der Waals surface area contributed by atoms with E-state index in [0.29, 0.717) is 22.3 Å². The second-order valence-corrected chi connectivity index (χ2v) is 8.57. The van der Waals surface area contributed by atoms with Gasteiger partial charge in [0.15, 0.2) is 0 Å². The summed E-state index contributed by atoms with van der Waals surface area (Å²) in [5.41, 5.74) is -0.897. The summed E-state index contributed by atoms with van der Waals surface area (Å²) in [5.74, 6) is 0. The van der Waals surface area contributed by atoms with E-state index in [-0.39, 0.29) is 11.4 Å². The molecule has 4 nitrogen and oxygen atoms in total. The van der Waals surface area contributed by atoms with E-state index in [9.17, 15) is 13.5 Å². The number of halogens is 2. The van der Waals surface area contributed by atoms with Crippen LogP contribution < -0.4 is 0 Å². The van der Waals surface area contributed by atoms with Gasteiger partial charge in [-0.05, 0) is 47.0 Å². The lowest BCUT2D eigenvalue weighted by Crippen LogP contribution is -2.41. The Morgan fingerprint density at radius 3 is 2.55 bits per heavy atom. The molecule has 1 aliphatic rings. The summed E-state index contributed by atoms with van der Waals surface area (Å²) in [5, 5.41) is 10.8. The minimum absolute atomic E-state index is 0.121. The highest BCUT2D eigenvalue weighted by Gasteiger charge is 2.35. The summed E-state index contributed by atoms with van der Waals surface area (Å²) < 4.78 is 26.7. The molecule has 0 bridgehead atoms. The molecule has 0 amide bonds. The predicted octanol–water partition coefficient (Wildman–Crippen LogP) is 3.03. The van der Waals surface area contributed by atoms with Crippen molar-refractivity contribution in [1.82, 2.24) is 4.31 Å². The normalized spacial score (nSPS) is 18.6. The number of likely N-dealkylation sites (N-methyl/N-ethyl adjacent to an activating group) is 1. The summed E-state index contributed by atoms with van der Waals surface area (Å²) in [6.45, 7) is 0.121. The molecule has 20 heavy (non-hydrogen) atoms. The second kappa shape index (κ2) is 5.93. The van der Waals surface area contributed by atoms with Gasteiger partial charge in [-0.1, -0.05) is 24.4 Å². The molecule has 0 heterocycles. The van der Waals surface area contributed by atoms with Crippen LogP contribution in [0.25, 0.3) is 0 Å². The third-order valence-electron chi connectivity index (χ3n) is 3.65. The number of hydrogen-bond donors (Lipinski definition) is 1. The Kier molecular flexibility index (Phi) is 4.81. The quantitative estimate of drug-likeness (QED) is 0.871. The van der Waals surface area contributed by atoms with Crippen molar-refractivity contribution < 1.29 is 13.5 Å². The number of benzene rings is 1. The highest BCUT2D eigenvalue weighted by molar-refractivity contribution is 9.10. The van der Waals surface area contributed by atoms with Crippen molar-refractivity contribution >= 4 is 37.6 Å². The molecule has 1 aromatic rings. The predicted molar refractivity (Wildman–Crippen MR) is 82.4 cm³/mol. The van der Waals surface area contributed by atoms with Crippen LogP contribution in [0.4, 0.5) is 0 Å². The molecule has 1 N–H and O–H groups in total. The van der Waals surface area contributed by atoms with E-state index in [1.54, 1.807) is 0 Å². The molecule has 0 unspecified atom stereocenters. The number of aliphatic hydroxyl groups is 1. The van der Waals surface area contributed by atoms with Gasteiger partial charge in [0.1, 0.15) is 0 Å². The molecule has 0 aliphatic heterocycles. The molecule has 1 fully saturated rings. The van der Waals surface area contributed by atoms with E-state index in [2.05, 4.69) is 15.9 Å². The van der Waals surface area contributed by atoms with E-state index in [1.807, 2.05) is 0 Å². The van der Waals surface area contributed by atoms with Crippen LogP contribution in [-0.4, -0.2) is 37.0 Å². The van der Waals surface area contributed by atoms with E-state index >= 15 is 0 Å². The van der Waals surface area contributed by atoms with Gasteiger partial charge in [0.05, 0.1) is 15.5 Å². The van der Waals surface area contributed by atoms with Crippen molar-refractivity contribution in [3.63, 3.8) is 0 Å². The van der Waals surface area contributed by atoms with Crippen LogP contribution in [0, 0.1) is 0 Å². The van der Waals surface area contributed by atoms with Crippen LogP contribution in [0.5, 0.6) is 0 Å². The zero-order valence-corrected chi connectivity index (χ0v) is 14.3. The lowest BCUT2D eigenvalue weighted by atomic mass is 10.0. The third-order valence-corrected chi connectivity index (χ3v) is 6.66. The standard InChI is InChI=1S/C13H17BrClNO3S/c1-16(9-13(17)6-2-3-7-13)20(18,19)10-4-5-12(15)11(14)8-10/h4-5,8,17H,2-3,6-7,9H2,1H3. The van der Waals surface area contributed by atoms with Crippen LogP contribution in [0.15, 0.2) is 27.6 Å². The molecule has 7 heteroatoms. The monoisotopic (exact) mass is 381 g/mol. The first-order valence-corrected chi connectivity index (χ1v) is 8.99. The average Bonchev–Trinajstić information content (AvgIpc) is 2.79. The molecule has 0 saturated heterocycles. The summed E-state index contributed by atoms with van der Waals surface area (Å²) in [6.07, 6.45) is 3.18. The number of nitrogens with zero attached hydrogens (tertiary/aromatic N) is 1. The number of sulfonamides is 1. The molecule has 0 radical (unpaired) electrons. The Bertz CT molecular complexity index is 600. The van der Waals surface area contributed by atoms with Crippen molar-refractivity contribution in [2.24, 2.45) is 0 Å². The van der Waals surface area contributed by atoms with Gasteiger partial charge in [0.25, 0.3) is 0 Å². The van der Waals surface area contributed by atoms with E-state index in [1.165, 1.54) is 29.6 Å².